The molecule has 2 N–H and O–H groups in total. The zero-order valence-corrected chi connectivity index (χ0v) is 10.2. The van der Waals surface area contributed by atoms with Crippen LogP contribution < -0.4 is 5.32 Å². The van der Waals surface area contributed by atoms with E-state index in [4.69, 9.17) is 17.3 Å². The topological polar surface area (TPSA) is 49.3 Å². The van der Waals surface area contributed by atoms with Gasteiger partial charge in [0.1, 0.15) is 0 Å². The molecule has 0 aromatic rings. The van der Waals surface area contributed by atoms with Crippen LogP contribution in [0.5, 0.6) is 0 Å². The van der Waals surface area contributed by atoms with Crippen LogP contribution in [-0.2, 0) is 4.79 Å². The van der Waals surface area contributed by atoms with E-state index in [2.05, 4.69) is 5.32 Å². The molecule has 4 heteroatoms. The monoisotopic (exact) mass is 239 g/mol. The van der Waals surface area contributed by atoms with E-state index in [9.17, 15) is 4.79 Å². The first kappa shape index (κ1) is 13.2. The van der Waals surface area contributed by atoms with Gasteiger partial charge in [0, 0.05) is 35.9 Å². The number of aliphatic hydroxyl groups excluding tert-OH is 1. The third kappa shape index (κ3) is 3.96. The molecule has 1 atom stereocenters. The van der Waals surface area contributed by atoms with Crippen LogP contribution in [0.25, 0.3) is 0 Å². The fraction of sp³-hybridized carbons (Fsp3) is 0.500. The zero-order valence-electron chi connectivity index (χ0n) is 9.40. The van der Waals surface area contributed by atoms with Crippen molar-refractivity contribution in [1.82, 2.24) is 5.32 Å². The van der Waals surface area contributed by atoms with E-state index in [1.54, 1.807) is 6.08 Å². The summed E-state index contributed by atoms with van der Waals surface area (Å²) >= 11 is 5.13. The molecule has 1 aliphatic carbocycles. The number of Topliss-reactive ketones (excluding diaryl/α,β-unsaturated/α-hetero) is 1. The van der Waals surface area contributed by atoms with Gasteiger partial charge in [-0.05, 0) is 6.92 Å². The molecule has 0 saturated heterocycles. The molecule has 0 spiro atoms. The minimum Gasteiger partial charge on any atom is -0.395 e. The maximum absolute atomic E-state index is 11.8. The third-order valence-electron chi connectivity index (χ3n) is 2.42. The van der Waals surface area contributed by atoms with Crippen molar-refractivity contribution < 1.29 is 9.90 Å². The number of ketones is 1. The smallest absolute Gasteiger partial charge is 0.165 e. The molecule has 0 fully saturated rings. The van der Waals surface area contributed by atoms with Gasteiger partial charge >= 0.3 is 0 Å². The Hall–Kier alpha value is -0.840. The molecule has 1 aliphatic rings. The number of allylic oxidation sites excluding steroid dienone is 4. The van der Waals surface area contributed by atoms with Crippen molar-refractivity contribution in [3.63, 3.8) is 0 Å². The molecule has 0 saturated carbocycles. The first-order chi connectivity index (χ1) is 7.65. The summed E-state index contributed by atoms with van der Waals surface area (Å²) in [6.07, 6.45) is 6.71. The highest BCUT2D eigenvalue weighted by molar-refractivity contribution is 7.81. The van der Waals surface area contributed by atoms with Crippen molar-refractivity contribution in [1.29, 1.82) is 0 Å². The van der Waals surface area contributed by atoms with Gasteiger partial charge in [0.2, 0.25) is 0 Å². The first-order valence-corrected chi connectivity index (χ1v) is 5.83. The third-order valence-corrected chi connectivity index (χ3v) is 2.81. The van der Waals surface area contributed by atoms with E-state index < -0.39 is 0 Å². The van der Waals surface area contributed by atoms with Crippen molar-refractivity contribution >= 4 is 22.9 Å². The predicted molar refractivity (Wildman–Crippen MR) is 68.6 cm³/mol. The number of nitrogens with one attached hydrogen (secondary N) is 1. The summed E-state index contributed by atoms with van der Waals surface area (Å²) < 4.78 is 0. The molecule has 0 aromatic carbocycles. The van der Waals surface area contributed by atoms with E-state index in [0.717, 1.165) is 4.86 Å². The minimum absolute atomic E-state index is 0.0278. The number of hydrogen-bond acceptors (Lipinski definition) is 4. The average molecular weight is 239 g/mol. The SMILES string of the molecule is CC(CO)NCCC(=O)C1=CC=CCC1=S. The van der Waals surface area contributed by atoms with E-state index in [1.165, 1.54) is 0 Å². The van der Waals surface area contributed by atoms with E-state index in [-0.39, 0.29) is 18.4 Å². The Labute approximate surface area is 101 Å². The highest BCUT2D eigenvalue weighted by Crippen LogP contribution is 2.12. The number of thiocarbonyl (C=S) groups is 1. The minimum atomic E-state index is 0.0278. The van der Waals surface area contributed by atoms with Crippen molar-refractivity contribution in [3.8, 4) is 0 Å². The van der Waals surface area contributed by atoms with Crippen LogP contribution in [0.3, 0.4) is 0 Å². The van der Waals surface area contributed by atoms with Crippen molar-refractivity contribution in [3.05, 3.63) is 23.8 Å². The lowest BCUT2D eigenvalue weighted by Crippen LogP contribution is -2.31. The Morgan fingerprint density at radius 1 is 1.69 bits per heavy atom. The summed E-state index contributed by atoms with van der Waals surface area (Å²) in [4.78, 5) is 12.5. The van der Waals surface area contributed by atoms with Gasteiger partial charge < -0.3 is 10.4 Å². The lowest BCUT2D eigenvalue weighted by molar-refractivity contribution is -0.115. The summed E-state index contributed by atoms with van der Waals surface area (Å²) in [5.74, 6) is 0.0759. The molecule has 0 heterocycles. The Balaban J connectivity index is 2.38. The number of rotatable bonds is 6. The molecule has 88 valence electrons. The molecular weight excluding hydrogens is 222 g/mol. The summed E-state index contributed by atoms with van der Waals surface area (Å²) in [6, 6.07) is 0.0278. The lowest BCUT2D eigenvalue weighted by Gasteiger charge is -2.12. The highest BCUT2D eigenvalue weighted by Gasteiger charge is 2.14. The molecule has 0 radical (unpaired) electrons. The van der Waals surface area contributed by atoms with Crippen LogP contribution in [-0.4, -0.2) is 34.9 Å². The van der Waals surface area contributed by atoms with Gasteiger partial charge in [-0.25, -0.2) is 0 Å². The van der Waals surface area contributed by atoms with Crippen molar-refractivity contribution in [2.75, 3.05) is 13.2 Å². The summed E-state index contributed by atoms with van der Waals surface area (Å²) in [5.41, 5.74) is 0.663. The zero-order chi connectivity index (χ0) is 12.0. The summed E-state index contributed by atoms with van der Waals surface area (Å²) in [7, 11) is 0. The number of aliphatic hydroxyl groups is 1. The molecule has 3 nitrogen and oxygen atoms in total. The molecule has 16 heavy (non-hydrogen) atoms. The lowest BCUT2D eigenvalue weighted by atomic mass is 9.99. The normalized spacial score (nSPS) is 17.1. The Morgan fingerprint density at radius 3 is 3.06 bits per heavy atom. The van der Waals surface area contributed by atoms with Crippen molar-refractivity contribution in [2.45, 2.75) is 25.8 Å². The standard InChI is InChI=1S/C12H17NO2S/c1-9(8-14)13-7-6-11(15)10-4-2-3-5-12(10)16/h2-4,9,13-14H,5-8H2,1H3. The molecular formula is C12H17NO2S. The average Bonchev–Trinajstić information content (AvgIpc) is 2.29. The summed E-state index contributed by atoms with van der Waals surface area (Å²) in [6.45, 7) is 2.53. The van der Waals surface area contributed by atoms with Gasteiger partial charge in [0.05, 0.1) is 6.61 Å². The second-order valence-corrected chi connectivity index (χ2v) is 4.34. The number of carbonyl (C=O) groups is 1. The predicted octanol–water partition coefficient (Wildman–Crippen LogP) is 1.17. The fourth-order valence-corrected chi connectivity index (χ4v) is 1.70. The molecule has 0 aromatic heterocycles. The quantitative estimate of drug-likeness (QED) is 0.683. The fourth-order valence-electron chi connectivity index (χ4n) is 1.42. The Morgan fingerprint density at radius 2 is 2.44 bits per heavy atom. The van der Waals surface area contributed by atoms with Gasteiger partial charge in [-0.1, -0.05) is 30.4 Å². The molecule has 1 unspecified atom stereocenters. The highest BCUT2D eigenvalue weighted by atomic mass is 32.1. The maximum atomic E-state index is 11.8. The molecule has 0 aliphatic heterocycles. The van der Waals surface area contributed by atoms with Crippen LogP contribution >= 0.6 is 12.2 Å². The summed E-state index contributed by atoms with van der Waals surface area (Å²) in [5, 5.41) is 11.9. The second kappa shape index (κ2) is 6.68. The van der Waals surface area contributed by atoms with Gasteiger partial charge in [0.25, 0.3) is 0 Å². The Kier molecular flexibility index (Phi) is 5.52. The Bertz CT molecular complexity index is 334. The second-order valence-electron chi connectivity index (χ2n) is 3.85. The van der Waals surface area contributed by atoms with E-state index in [0.29, 0.717) is 25.0 Å². The van der Waals surface area contributed by atoms with Crippen LogP contribution in [0.4, 0.5) is 0 Å². The van der Waals surface area contributed by atoms with Gasteiger partial charge in [0.15, 0.2) is 5.78 Å². The molecule has 0 amide bonds. The van der Waals surface area contributed by atoms with Gasteiger partial charge in [-0.3, -0.25) is 4.79 Å². The van der Waals surface area contributed by atoms with Crippen molar-refractivity contribution in [2.24, 2.45) is 0 Å². The van der Waals surface area contributed by atoms with E-state index in [1.807, 2.05) is 19.1 Å². The van der Waals surface area contributed by atoms with Crippen LogP contribution in [0.1, 0.15) is 19.8 Å². The largest absolute Gasteiger partial charge is 0.395 e. The first-order valence-electron chi connectivity index (χ1n) is 5.42. The molecule has 0 bridgehead atoms. The van der Waals surface area contributed by atoms with Crippen LogP contribution in [0.2, 0.25) is 0 Å². The number of hydrogen-bond donors (Lipinski definition) is 2. The van der Waals surface area contributed by atoms with Gasteiger partial charge in [-0.15, -0.1) is 0 Å². The molecule has 1 rings (SSSR count). The van der Waals surface area contributed by atoms with Crippen LogP contribution in [0.15, 0.2) is 23.8 Å². The van der Waals surface area contributed by atoms with Gasteiger partial charge in [-0.2, -0.15) is 0 Å². The van der Waals surface area contributed by atoms with Crippen LogP contribution in [0, 0.1) is 0 Å². The number of carbonyl (C=O) groups excluding carboxylic acids is 1. The maximum Gasteiger partial charge on any atom is 0.165 e. The van der Waals surface area contributed by atoms with E-state index >= 15 is 0 Å².